The summed E-state index contributed by atoms with van der Waals surface area (Å²) in [6.45, 7) is 1.54. The number of halogens is 1. The van der Waals surface area contributed by atoms with E-state index in [0.717, 1.165) is 16.6 Å². The Balaban J connectivity index is 1.27. The molecular formula is C25H29ClN4O5S. The van der Waals surface area contributed by atoms with Crippen LogP contribution in [0, 0.1) is 5.92 Å². The molecule has 0 saturated carbocycles. The van der Waals surface area contributed by atoms with Crippen LogP contribution in [0.3, 0.4) is 0 Å². The van der Waals surface area contributed by atoms with E-state index in [1.165, 1.54) is 30.7 Å². The Hall–Kier alpha value is -3.08. The molecule has 11 heteroatoms. The van der Waals surface area contributed by atoms with Gasteiger partial charge in [-0.1, -0.05) is 11.6 Å². The normalized spacial score (nSPS) is 15.0. The summed E-state index contributed by atoms with van der Waals surface area (Å²) in [7, 11) is -0.741. The summed E-state index contributed by atoms with van der Waals surface area (Å²) in [5.41, 5.74) is 1.71. The number of hydrogen-bond acceptors (Lipinski definition) is 7. The van der Waals surface area contributed by atoms with Crippen LogP contribution in [-0.2, 0) is 14.8 Å². The van der Waals surface area contributed by atoms with Crippen molar-refractivity contribution in [1.82, 2.24) is 14.6 Å². The Morgan fingerprint density at radius 3 is 2.53 bits per heavy atom. The van der Waals surface area contributed by atoms with Gasteiger partial charge in [0.05, 0.1) is 24.6 Å². The van der Waals surface area contributed by atoms with Crippen molar-refractivity contribution in [2.75, 3.05) is 45.7 Å². The second-order valence-corrected chi connectivity index (χ2v) is 10.8. The Kier molecular flexibility index (Phi) is 8.17. The zero-order valence-corrected chi connectivity index (χ0v) is 21.7. The maximum atomic E-state index is 13.1. The summed E-state index contributed by atoms with van der Waals surface area (Å²) in [5, 5.41) is 7.86. The number of hydrogen-bond donors (Lipinski definition) is 2. The SMILES string of the molecule is COc1ccc(S(=O)(=O)N2CCC(C(=O)NCCNc3ccnc4cc(Cl)ccc34)CC2)cc1OC. The summed E-state index contributed by atoms with van der Waals surface area (Å²) in [5.74, 6) is 0.518. The zero-order chi connectivity index (χ0) is 25.7. The van der Waals surface area contributed by atoms with Crippen LogP contribution in [0.2, 0.25) is 5.02 Å². The average molecular weight is 533 g/mol. The van der Waals surface area contributed by atoms with Crippen molar-refractivity contribution < 1.29 is 22.7 Å². The molecule has 0 atom stereocenters. The summed E-state index contributed by atoms with van der Waals surface area (Å²) in [6.07, 6.45) is 2.63. The first-order valence-electron chi connectivity index (χ1n) is 11.6. The average Bonchev–Trinajstić information content (AvgIpc) is 2.90. The molecule has 0 bridgehead atoms. The van der Waals surface area contributed by atoms with Gasteiger partial charge in [0.15, 0.2) is 11.5 Å². The summed E-state index contributed by atoms with van der Waals surface area (Å²) in [4.78, 5) is 17.1. The van der Waals surface area contributed by atoms with Gasteiger partial charge in [0, 0.05) is 60.5 Å². The van der Waals surface area contributed by atoms with E-state index in [4.69, 9.17) is 21.1 Å². The van der Waals surface area contributed by atoms with Gasteiger partial charge in [0.1, 0.15) is 0 Å². The molecule has 1 fully saturated rings. The smallest absolute Gasteiger partial charge is 0.243 e. The Labute approximate surface area is 215 Å². The molecule has 192 valence electrons. The molecule has 2 aromatic carbocycles. The second-order valence-electron chi connectivity index (χ2n) is 8.43. The van der Waals surface area contributed by atoms with E-state index in [0.29, 0.717) is 42.5 Å². The predicted molar refractivity (Wildman–Crippen MR) is 139 cm³/mol. The number of nitrogens with one attached hydrogen (secondary N) is 2. The van der Waals surface area contributed by atoms with Crippen molar-refractivity contribution in [2.45, 2.75) is 17.7 Å². The highest BCUT2D eigenvalue weighted by Crippen LogP contribution is 2.32. The zero-order valence-electron chi connectivity index (χ0n) is 20.2. The molecule has 0 radical (unpaired) electrons. The molecule has 1 saturated heterocycles. The standard InChI is InChI=1S/C25H29ClN4O5S/c1-34-23-6-4-19(16-24(23)35-2)36(32,33)30-13-8-17(9-14-30)25(31)29-12-11-28-21-7-10-27-22-15-18(26)3-5-20(21)22/h3-7,10,15-17H,8-9,11-14H2,1-2H3,(H,27,28)(H,29,31). The number of ether oxygens (including phenoxy) is 2. The minimum Gasteiger partial charge on any atom is -0.493 e. The van der Waals surface area contributed by atoms with Crippen LogP contribution in [0.4, 0.5) is 5.69 Å². The quantitative estimate of drug-likeness (QED) is 0.406. The minimum atomic E-state index is -3.70. The number of rotatable bonds is 9. The third kappa shape index (κ3) is 5.66. The molecule has 1 aliphatic heterocycles. The maximum Gasteiger partial charge on any atom is 0.243 e. The van der Waals surface area contributed by atoms with Gasteiger partial charge in [0.25, 0.3) is 0 Å². The number of piperidine rings is 1. The molecule has 0 spiro atoms. The summed E-state index contributed by atoms with van der Waals surface area (Å²) < 4.78 is 38.0. The summed E-state index contributed by atoms with van der Waals surface area (Å²) in [6, 6.07) is 12.0. The van der Waals surface area contributed by atoms with Crippen LogP contribution in [0.25, 0.3) is 10.9 Å². The fourth-order valence-corrected chi connectivity index (χ4v) is 5.94. The lowest BCUT2D eigenvalue weighted by molar-refractivity contribution is -0.126. The topological polar surface area (TPSA) is 110 Å². The largest absolute Gasteiger partial charge is 0.493 e. The highest BCUT2D eigenvalue weighted by Gasteiger charge is 2.32. The molecule has 0 unspecified atom stereocenters. The van der Waals surface area contributed by atoms with Gasteiger partial charge in [-0.15, -0.1) is 0 Å². The van der Waals surface area contributed by atoms with Gasteiger partial charge in [-0.2, -0.15) is 4.31 Å². The van der Waals surface area contributed by atoms with Crippen molar-refractivity contribution in [3.05, 3.63) is 53.7 Å². The number of amides is 1. The molecule has 4 rings (SSSR count). The number of aromatic nitrogens is 1. The van der Waals surface area contributed by atoms with Crippen molar-refractivity contribution in [3.63, 3.8) is 0 Å². The molecule has 1 aromatic heterocycles. The molecule has 3 aromatic rings. The van der Waals surface area contributed by atoms with E-state index in [-0.39, 0.29) is 29.8 Å². The molecule has 2 heterocycles. The van der Waals surface area contributed by atoms with Gasteiger partial charge >= 0.3 is 0 Å². The number of sulfonamides is 1. The first kappa shape index (κ1) is 26.0. The molecule has 36 heavy (non-hydrogen) atoms. The van der Waals surface area contributed by atoms with Crippen LogP contribution in [-0.4, -0.2) is 64.0 Å². The Morgan fingerprint density at radius 2 is 1.81 bits per heavy atom. The molecule has 1 amide bonds. The molecule has 0 aliphatic carbocycles. The Bertz CT molecular complexity index is 1340. The molecule has 2 N–H and O–H groups in total. The van der Waals surface area contributed by atoms with E-state index in [1.54, 1.807) is 12.3 Å². The number of pyridine rings is 1. The van der Waals surface area contributed by atoms with Crippen molar-refractivity contribution in [3.8, 4) is 11.5 Å². The van der Waals surface area contributed by atoms with E-state index in [2.05, 4.69) is 15.6 Å². The number of nitrogens with zero attached hydrogens (tertiary/aromatic N) is 2. The number of fused-ring (bicyclic) bond motifs is 1. The minimum absolute atomic E-state index is 0.0636. The van der Waals surface area contributed by atoms with Crippen molar-refractivity contribution in [2.24, 2.45) is 5.92 Å². The van der Waals surface area contributed by atoms with E-state index < -0.39 is 10.0 Å². The number of carbonyl (C=O) groups excluding carboxylic acids is 1. The maximum absolute atomic E-state index is 13.1. The van der Waals surface area contributed by atoms with Crippen LogP contribution in [0.5, 0.6) is 11.5 Å². The third-order valence-electron chi connectivity index (χ3n) is 6.26. The fourth-order valence-electron chi connectivity index (χ4n) is 4.29. The lowest BCUT2D eigenvalue weighted by Crippen LogP contribution is -2.43. The third-order valence-corrected chi connectivity index (χ3v) is 8.39. The van der Waals surface area contributed by atoms with Gasteiger partial charge < -0.3 is 20.1 Å². The van der Waals surface area contributed by atoms with Gasteiger partial charge in [0.2, 0.25) is 15.9 Å². The number of anilines is 1. The van der Waals surface area contributed by atoms with E-state index >= 15 is 0 Å². The lowest BCUT2D eigenvalue weighted by atomic mass is 9.97. The predicted octanol–water partition coefficient (Wildman–Crippen LogP) is 3.53. The monoisotopic (exact) mass is 532 g/mol. The van der Waals surface area contributed by atoms with Gasteiger partial charge in [-0.25, -0.2) is 8.42 Å². The highest BCUT2D eigenvalue weighted by molar-refractivity contribution is 7.89. The summed E-state index contributed by atoms with van der Waals surface area (Å²) >= 11 is 6.04. The van der Waals surface area contributed by atoms with Gasteiger partial charge in [-0.3, -0.25) is 9.78 Å². The van der Waals surface area contributed by atoms with Crippen molar-refractivity contribution in [1.29, 1.82) is 0 Å². The fraction of sp³-hybridized carbons (Fsp3) is 0.360. The van der Waals surface area contributed by atoms with Crippen LogP contribution >= 0.6 is 11.6 Å². The first-order chi connectivity index (χ1) is 17.3. The number of methoxy groups -OCH3 is 2. The van der Waals surface area contributed by atoms with Gasteiger partial charge in [-0.05, 0) is 49.2 Å². The number of carbonyl (C=O) groups is 1. The van der Waals surface area contributed by atoms with E-state index in [1.807, 2.05) is 24.3 Å². The first-order valence-corrected chi connectivity index (χ1v) is 13.4. The highest BCUT2D eigenvalue weighted by atomic mass is 35.5. The van der Waals surface area contributed by atoms with Crippen LogP contribution < -0.4 is 20.1 Å². The van der Waals surface area contributed by atoms with E-state index in [9.17, 15) is 13.2 Å². The molecule has 9 nitrogen and oxygen atoms in total. The molecular weight excluding hydrogens is 504 g/mol. The second kappa shape index (κ2) is 11.3. The van der Waals surface area contributed by atoms with Crippen LogP contribution in [0.1, 0.15) is 12.8 Å². The van der Waals surface area contributed by atoms with Crippen molar-refractivity contribution >= 4 is 44.1 Å². The Morgan fingerprint density at radius 1 is 1.06 bits per heavy atom. The van der Waals surface area contributed by atoms with Crippen LogP contribution in [0.15, 0.2) is 53.6 Å². The molecule has 1 aliphatic rings. The number of benzene rings is 2. The lowest BCUT2D eigenvalue weighted by Gasteiger charge is -2.30.